The number of rotatable bonds is 4. The average Bonchev–Trinajstić information content (AvgIpc) is 2.32. The lowest BCUT2D eigenvalue weighted by Gasteiger charge is -2.26. The van der Waals surface area contributed by atoms with Crippen LogP contribution >= 0.6 is 22.3 Å². The molecule has 0 aromatic heterocycles. The zero-order chi connectivity index (χ0) is 13.9. The van der Waals surface area contributed by atoms with Crippen molar-refractivity contribution in [2.75, 3.05) is 13.1 Å². The molecular weight excluding hydrogens is 305 g/mol. The van der Waals surface area contributed by atoms with Crippen LogP contribution in [0.5, 0.6) is 0 Å². The highest BCUT2D eigenvalue weighted by Gasteiger charge is 2.13. The maximum absolute atomic E-state index is 11.0. The van der Waals surface area contributed by atoms with E-state index in [-0.39, 0.29) is 5.75 Å². The number of hydrogen-bond donors (Lipinski definition) is 0. The summed E-state index contributed by atoms with van der Waals surface area (Å²) >= 11 is 6.21. The van der Waals surface area contributed by atoms with Gasteiger partial charge in [0.2, 0.25) is 9.05 Å². The fourth-order valence-corrected chi connectivity index (χ4v) is 3.58. The van der Waals surface area contributed by atoms with Gasteiger partial charge in [-0.3, -0.25) is 4.90 Å². The van der Waals surface area contributed by atoms with Gasteiger partial charge < -0.3 is 0 Å². The Morgan fingerprint density at radius 2 is 1.84 bits per heavy atom. The molecule has 3 nitrogen and oxygen atoms in total. The van der Waals surface area contributed by atoms with Gasteiger partial charge in [-0.1, -0.05) is 30.2 Å². The molecule has 1 saturated heterocycles. The van der Waals surface area contributed by atoms with Gasteiger partial charge in [0.1, 0.15) is 0 Å². The first-order valence-electron chi connectivity index (χ1n) is 6.36. The van der Waals surface area contributed by atoms with E-state index in [9.17, 15) is 8.42 Å². The number of halogens is 2. The standard InChI is InChI=1S/C13H17Cl2NO2S/c14-13-8-11(10-19(15,17)18)4-5-12(13)9-16-6-2-1-3-7-16/h4-5,8H,1-3,6-7,9-10H2. The highest BCUT2D eigenvalue weighted by Crippen LogP contribution is 2.23. The van der Waals surface area contributed by atoms with Crippen molar-refractivity contribution in [1.29, 1.82) is 0 Å². The lowest BCUT2D eigenvalue weighted by atomic mass is 10.1. The van der Waals surface area contributed by atoms with Crippen LogP contribution in [0.15, 0.2) is 18.2 Å². The summed E-state index contributed by atoms with van der Waals surface area (Å²) in [5.41, 5.74) is 1.67. The van der Waals surface area contributed by atoms with Gasteiger partial charge in [-0.25, -0.2) is 8.42 Å². The van der Waals surface area contributed by atoms with E-state index < -0.39 is 9.05 Å². The van der Waals surface area contributed by atoms with Crippen LogP contribution in [0.1, 0.15) is 30.4 Å². The fraction of sp³-hybridized carbons (Fsp3) is 0.538. The predicted molar refractivity (Wildman–Crippen MR) is 79.1 cm³/mol. The molecule has 2 rings (SSSR count). The third kappa shape index (κ3) is 4.95. The van der Waals surface area contributed by atoms with Crippen LogP contribution in [0.25, 0.3) is 0 Å². The summed E-state index contributed by atoms with van der Waals surface area (Å²) < 4.78 is 22.1. The van der Waals surface area contributed by atoms with Crippen molar-refractivity contribution >= 4 is 31.3 Å². The molecule has 1 aromatic carbocycles. The average molecular weight is 322 g/mol. The van der Waals surface area contributed by atoms with E-state index in [4.69, 9.17) is 22.3 Å². The molecule has 0 atom stereocenters. The van der Waals surface area contributed by atoms with Crippen molar-refractivity contribution < 1.29 is 8.42 Å². The first-order chi connectivity index (χ1) is 8.94. The lowest BCUT2D eigenvalue weighted by Crippen LogP contribution is -2.29. The Balaban J connectivity index is 2.06. The molecule has 0 unspecified atom stereocenters. The smallest absolute Gasteiger partial charge is 0.236 e. The van der Waals surface area contributed by atoms with E-state index in [1.807, 2.05) is 6.07 Å². The minimum atomic E-state index is -3.53. The van der Waals surface area contributed by atoms with Crippen molar-refractivity contribution in [3.8, 4) is 0 Å². The van der Waals surface area contributed by atoms with Crippen LogP contribution in [0.4, 0.5) is 0 Å². The summed E-state index contributed by atoms with van der Waals surface area (Å²) in [4.78, 5) is 2.38. The normalized spacial score (nSPS) is 17.6. The van der Waals surface area contributed by atoms with E-state index in [1.54, 1.807) is 12.1 Å². The van der Waals surface area contributed by atoms with Gasteiger partial charge in [-0.2, -0.15) is 0 Å². The molecule has 6 heteroatoms. The predicted octanol–water partition coefficient (Wildman–Crippen LogP) is 3.39. The number of piperidine rings is 1. The Morgan fingerprint density at radius 1 is 1.16 bits per heavy atom. The van der Waals surface area contributed by atoms with E-state index >= 15 is 0 Å². The second-order valence-corrected chi connectivity index (χ2v) is 8.13. The van der Waals surface area contributed by atoms with Crippen molar-refractivity contribution in [2.45, 2.75) is 31.6 Å². The summed E-state index contributed by atoms with van der Waals surface area (Å²) in [5, 5.41) is 0.614. The van der Waals surface area contributed by atoms with Gasteiger partial charge in [-0.05, 0) is 43.1 Å². The van der Waals surface area contributed by atoms with E-state index in [0.29, 0.717) is 10.6 Å². The van der Waals surface area contributed by atoms with Crippen molar-refractivity contribution in [1.82, 2.24) is 4.90 Å². The Morgan fingerprint density at radius 3 is 2.42 bits per heavy atom. The molecule has 106 valence electrons. The molecule has 1 fully saturated rings. The Kier molecular flexibility index (Phi) is 5.12. The largest absolute Gasteiger partial charge is 0.299 e. The van der Waals surface area contributed by atoms with Crippen LogP contribution in [-0.4, -0.2) is 26.4 Å². The molecule has 1 aromatic rings. The van der Waals surface area contributed by atoms with Crippen LogP contribution in [0, 0.1) is 0 Å². The van der Waals surface area contributed by atoms with Gasteiger partial charge in [0.05, 0.1) is 5.75 Å². The highest BCUT2D eigenvalue weighted by molar-refractivity contribution is 8.13. The molecule has 0 amide bonds. The van der Waals surface area contributed by atoms with Gasteiger partial charge in [0, 0.05) is 22.2 Å². The molecule has 0 radical (unpaired) electrons. The highest BCUT2D eigenvalue weighted by atomic mass is 35.7. The zero-order valence-corrected chi connectivity index (χ0v) is 12.9. The monoisotopic (exact) mass is 321 g/mol. The molecule has 0 aliphatic carbocycles. The minimum Gasteiger partial charge on any atom is -0.299 e. The quantitative estimate of drug-likeness (QED) is 0.798. The summed E-state index contributed by atoms with van der Waals surface area (Å²) in [6, 6.07) is 5.38. The van der Waals surface area contributed by atoms with E-state index in [2.05, 4.69) is 4.90 Å². The molecule has 0 saturated carbocycles. The number of nitrogens with zero attached hydrogens (tertiary/aromatic N) is 1. The van der Waals surface area contributed by atoms with Crippen molar-refractivity contribution in [2.24, 2.45) is 0 Å². The van der Waals surface area contributed by atoms with Crippen molar-refractivity contribution in [3.63, 3.8) is 0 Å². The molecule has 1 aliphatic heterocycles. The summed E-state index contributed by atoms with van der Waals surface area (Å²) in [6.45, 7) is 3.04. The number of likely N-dealkylation sites (tertiary alicyclic amines) is 1. The lowest BCUT2D eigenvalue weighted by molar-refractivity contribution is 0.221. The molecule has 0 bridgehead atoms. The summed E-state index contributed by atoms with van der Waals surface area (Å²) in [5.74, 6) is -0.182. The second kappa shape index (κ2) is 6.44. The zero-order valence-electron chi connectivity index (χ0n) is 10.6. The van der Waals surface area contributed by atoms with Crippen molar-refractivity contribution in [3.05, 3.63) is 34.3 Å². The second-order valence-electron chi connectivity index (χ2n) is 4.95. The molecular formula is C13H17Cl2NO2S. The fourth-order valence-electron chi connectivity index (χ4n) is 2.37. The molecule has 19 heavy (non-hydrogen) atoms. The van der Waals surface area contributed by atoms with Gasteiger partial charge >= 0.3 is 0 Å². The Bertz CT molecular complexity index is 540. The van der Waals surface area contributed by atoms with Gasteiger partial charge in [-0.15, -0.1) is 0 Å². The third-order valence-corrected chi connectivity index (χ3v) is 4.66. The van der Waals surface area contributed by atoms with Gasteiger partial charge in [0.15, 0.2) is 0 Å². The molecule has 0 spiro atoms. The molecule has 1 aliphatic rings. The van der Waals surface area contributed by atoms with Crippen LogP contribution < -0.4 is 0 Å². The first-order valence-corrected chi connectivity index (χ1v) is 9.22. The van der Waals surface area contributed by atoms with Crippen LogP contribution in [0.3, 0.4) is 0 Å². The third-order valence-electron chi connectivity index (χ3n) is 3.30. The molecule has 0 N–H and O–H groups in total. The van der Waals surface area contributed by atoms with E-state index in [1.165, 1.54) is 19.3 Å². The number of benzene rings is 1. The minimum absolute atomic E-state index is 0.182. The summed E-state index contributed by atoms with van der Waals surface area (Å²) in [7, 11) is 1.71. The van der Waals surface area contributed by atoms with Crippen LogP contribution in [-0.2, 0) is 21.3 Å². The van der Waals surface area contributed by atoms with Gasteiger partial charge in [0.25, 0.3) is 0 Å². The molecule has 1 heterocycles. The maximum Gasteiger partial charge on any atom is 0.236 e. The Labute approximate surface area is 123 Å². The van der Waals surface area contributed by atoms with Crippen LogP contribution in [0.2, 0.25) is 5.02 Å². The first kappa shape index (κ1) is 15.1. The summed E-state index contributed by atoms with van der Waals surface area (Å²) in [6.07, 6.45) is 3.77. The topological polar surface area (TPSA) is 37.4 Å². The van der Waals surface area contributed by atoms with E-state index in [0.717, 1.165) is 25.2 Å². The SMILES string of the molecule is O=S(=O)(Cl)Cc1ccc(CN2CCCCC2)c(Cl)c1. The Hall–Kier alpha value is -0.290. The number of hydrogen-bond acceptors (Lipinski definition) is 3. The maximum atomic E-state index is 11.0.